The Hall–Kier alpha value is -1.87. The Morgan fingerprint density at radius 3 is 2.67 bits per heavy atom. The number of aromatic nitrogens is 1. The fourth-order valence-corrected chi connectivity index (χ4v) is 2.39. The molecular formula is C15H19N3. The van der Waals surface area contributed by atoms with Crippen LogP contribution in [-0.4, -0.2) is 4.98 Å². The minimum atomic E-state index is 0.147. The number of pyridine rings is 1. The highest BCUT2D eigenvalue weighted by Gasteiger charge is 2.22. The topological polar surface area (TPSA) is 60.5 Å². The summed E-state index contributed by atoms with van der Waals surface area (Å²) in [5, 5.41) is 17.9. The third-order valence-corrected chi connectivity index (χ3v) is 3.35. The van der Waals surface area contributed by atoms with Gasteiger partial charge in [0.1, 0.15) is 0 Å². The molecule has 18 heavy (non-hydrogen) atoms. The van der Waals surface area contributed by atoms with E-state index in [1.807, 2.05) is 6.07 Å². The normalized spacial score (nSPS) is 13.3. The maximum absolute atomic E-state index is 8.99. The van der Waals surface area contributed by atoms with Gasteiger partial charge in [-0.2, -0.15) is 10.5 Å². The second kappa shape index (κ2) is 7.45. The van der Waals surface area contributed by atoms with Crippen molar-refractivity contribution < 1.29 is 0 Å². The van der Waals surface area contributed by atoms with E-state index in [4.69, 9.17) is 10.5 Å². The number of hydrogen-bond donors (Lipinski definition) is 0. The van der Waals surface area contributed by atoms with Gasteiger partial charge in [0.25, 0.3) is 0 Å². The summed E-state index contributed by atoms with van der Waals surface area (Å²) < 4.78 is 0. The van der Waals surface area contributed by atoms with Gasteiger partial charge in [0, 0.05) is 24.2 Å². The Morgan fingerprint density at radius 1 is 1.33 bits per heavy atom. The Morgan fingerprint density at radius 2 is 2.11 bits per heavy atom. The van der Waals surface area contributed by atoms with Crippen LogP contribution in [0.5, 0.6) is 0 Å². The van der Waals surface area contributed by atoms with E-state index in [9.17, 15) is 0 Å². The van der Waals surface area contributed by atoms with Crippen LogP contribution in [0.3, 0.4) is 0 Å². The molecule has 0 spiro atoms. The van der Waals surface area contributed by atoms with Gasteiger partial charge in [-0.3, -0.25) is 4.98 Å². The highest BCUT2D eigenvalue weighted by atomic mass is 14.7. The van der Waals surface area contributed by atoms with E-state index in [1.165, 1.54) is 0 Å². The maximum atomic E-state index is 8.99. The molecule has 1 aromatic rings. The average Bonchev–Trinajstić information content (AvgIpc) is 2.42. The minimum Gasteiger partial charge on any atom is -0.261 e. The van der Waals surface area contributed by atoms with Gasteiger partial charge in [-0.1, -0.05) is 33.1 Å². The second-order valence-electron chi connectivity index (χ2n) is 4.51. The van der Waals surface area contributed by atoms with Gasteiger partial charge in [0.2, 0.25) is 0 Å². The first-order chi connectivity index (χ1) is 8.76. The van der Waals surface area contributed by atoms with Gasteiger partial charge in [-0.05, 0) is 18.1 Å². The highest BCUT2D eigenvalue weighted by Crippen LogP contribution is 2.32. The van der Waals surface area contributed by atoms with Crippen molar-refractivity contribution in [1.29, 1.82) is 10.5 Å². The average molecular weight is 241 g/mol. The molecule has 3 nitrogen and oxygen atoms in total. The molecule has 2 unspecified atom stereocenters. The van der Waals surface area contributed by atoms with Crippen LogP contribution in [0.4, 0.5) is 0 Å². The van der Waals surface area contributed by atoms with Crippen molar-refractivity contribution in [2.75, 3.05) is 0 Å². The molecule has 0 aliphatic rings. The quantitative estimate of drug-likeness (QED) is 0.761. The number of hydrogen-bond acceptors (Lipinski definition) is 3. The Labute approximate surface area is 109 Å². The van der Waals surface area contributed by atoms with Crippen molar-refractivity contribution in [2.45, 2.75) is 45.4 Å². The number of rotatable bonds is 6. The zero-order chi connectivity index (χ0) is 13.4. The van der Waals surface area contributed by atoms with Gasteiger partial charge >= 0.3 is 0 Å². The molecule has 0 saturated carbocycles. The van der Waals surface area contributed by atoms with Gasteiger partial charge in [0.15, 0.2) is 0 Å². The zero-order valence-corrected chi connectivity index (χ0v) is 11.1. The first-order valence-corrected chi connectivity index (χ1v) is 6.49. The van der Waals surface area contributed by atoms with Gasteiger partial charge in [-0.15, -0.1) is 0 Å². The molecule has 2 atom stereocenters. The monoisotopic (exact) mass is 241 g/mol. The molecule has 0 amide bonds. The SMILES string of the molecule is CCCC(CC)C(CC#N)c1cc(C#N)ccn1. The summed E-state index contributed by atoms with van der Waals surface area (Å²) in [6.45, 7) is 4.31. The third kappa shape index (κ3) is 3.57. The summed E-state index contributed by atoms with van der Waals surface area (Å²) >= 11 is 0. The first kappa shape index (κ1) is 14.2. The van der Waals surface area contributed by atoms with Crippen LogP contribution in [-0.2, 0) is 0 Å². The van der Waals surface area contributed by atoms with E-state index < -0.39 is 0 Å². The number of nitriles is 2. The van der Waals surface area contributed by atoms with Crippen molar-refractivity contribution >= 4 is 0 Å². The molecule has 0 aliphatic heterocycles. The lowest BCUT2D eigenvalue weighted by Gasteiger charge is -2.23. The van der Waals surface area contributed by atoms with E-state index in [1.54, 1.807) is 12.3 Å². The van der Waals surface area contributed by atoms with E-state index in [-0.39, 0.29) is 5.92 Å². The molecule has 94 valence electrons. The molecular weight excluding hydrogens is 222 g/mol. The second-order valence-corrected chi connectivity index (χ2v) is 4.51. The first-order valence-electron chi connectivity index (χ1n) is 6.49. The molecule has 0 saturated heterocycles. The Bertz CT molecular complexity index is 454. The standard InChI is InChI=1S/C15H19N3/c1-3-5-13(4-2)14(6-8-16)15-10-12(11-17)7-9-18-15/h7,9-10,13-14H,3-6H2,1-2H3. The van der Waals surface area contributed by atoms with Gasteiger partial charge in [-0.25, -0.2) is 0 Å². The van der Waals surface area contributed by atoms with Crippen LogP contribution in [0.2, 0.25) is 0 Å². The molecule has 0 bridgehead atoms. The lowest BCUT2D eigenvalue weighted by Crippen LogP contribution is -2.13. The predicted octanol–water partition coefficient (Wildman–Crippen LogP) is 3.78. The predicted molar refractivity (Wildman–Crippen MR) is 70.6 cm³/mol. The van der Waals surface area contributed by atoms with Crippen LogP contribution in [0.25, 0.3) is 0 Å². The van der Waals surface area contributed by atoms with Gasteiger partial charge < -0.3 is 0 Å². The van der Waals surface area contributed by atoms with Crippen molar-refractivity contribution in [3.05, 3.63) is 29.6 Å². The molecule has 3 heteroatoms. The van der Waals surface area contributed by atoms with Crippen LogP contribution >= 0.6 is 0 Å². The van der Waals surface area contributed by atoms with Crippen LogP contribution < -0.4 is 0 Å². The molecule has 0 aliphatic carbocycles. The Balaban J connectivity index is 3.03. The van der Waals surface area contributed by atoms with E-state index in [0.29, 0.717) is 17.9 Å². The van der Waals surface area contributed by atoms with Crippen LogP contribution in [0.1, 0.15) is 56.7 Å². The van der Waals surface area contributed by atoms with Gasteiger partial charge in [0.05, 0.1) is 17.7 Å². The Kier molecular flexibility index (Phi) is 5.88. The van der Waals surface area contributed by atoms with Crippen LogP contribution in [0, 0.1) is 28.6 Å². The largest absolute Gasteiger partial charge is 0.261 e. The van der Waals surface area contributed by atoms with E-state index >= 15 is 0 Å². The van der Waals surface area contributed by atoms with E-state index in [0.717, 1.165) is 25.0 Å². The number of nitrogens with zero attached hydrogens (tertiary/aromatic N) is 3. The zero-order valence-electron chi connectivity index (χ0n) is 11.1. The van der Waals surface area contributed by atoms with Crippen molar-refractivity contribution in [1.82, 2.24) is 4.98 Å². The third-order valence-electron chi connectivity index (χ3n) is 3.35. The lowest BCUT2D eigenvalue weighted by atomic mass is 9.82. The fourth-order valence-electron chi connectivity index (χ4n) is 2.39. The summed E-state index contributed by atoms with van der Waals surface area (Å²) in [5.41, 5.74) is 1.50. The smallest absolute Gasteiger partial charge is 0.0992 e. The lowest BCUT2D eigenvalue weighted by molar-refractivity contribution is 0.376. The molecule has 1 heterocycles. The molecule has 1 rings (SSSR count). The fraction of sp³-hybridized carbons (Fsp3) is 0.533. The molecule has 1 aromatic heterocycles. The minimum absolute atomic E-state index is 0.147. The summed E-state index contributed by atoms with van der Waals surface area (Å²) in [6, 6.07) is 7.91. The van der Waals surface area contributed by atoms with Crippen molar-refractivity contribution in [3.8, 4) is 12.1 Å². The molecule has 0 fully saturated rings. The summed E-state index contributed by atoms with van der Waals surface area (Å²) in [4.78, 5) is 4.36. The highest BCUT2D eigenvalue weighted by molar-refractivity contribution is 5.30. The maximum Gasteiger partial charge on any atom is 0.0992 e. The van der Waals surface area contributed by atoms with E-state index in [2.05, 4.69) is 31.0 Å². The summed E-state index contributed by atoms with van der Waals surface area (Å²) in [5.74, 6) is 0.615. The van der Waals surface area contributed by atoms with Crippen molar-refractivity contribution in [3.63, 3.8) is 0 Å². The van der Waals surface area contributed by atoms with Crippen molar-refractivity contribution in [2.24, 2.45) is 5.92 Å². The molecule has 0 aromatic carbocycles. The van der Waals surface area contributed by atoms with Crippen LogP contribution in [0.15, 0.2) is 18.3 Å². The summed E-state index contributed by atoms with van der Waals surface area (Å²) in [6.07, 6.45) is 5.38. The summed E-state index contributed by atoms with van der Waals surface area (Å²) in [7, 11) is 0. The molecule has 0 N–H and O–H groups in total. The molecule has 0 radical (unpaired) electrons.